The molecule has 2 N–H and O–H groups in total. The predicted octanol–water partition coefficient (Wildman–Crippen LogP) is 1.72. The van der Waals surface area contributed by atoms with E-state index in [-0.39, 0.29) is 18.4 Å². The number of nitrogens with one attached hydrogen (secondary N) is 2. The molecule has 1 aromatic rings. The molecule has 1 aliphatic heterocycles. The first-order valence-electron chi connectivity index (χ1n) is 8.71. The number of rotatable bonds is 6. The van der Waals surface area contributed by atoms with Gasteiger partial charge in [0.2, 0.25) is 11.8 Å². The summed E-state index contributed by atoms with van der Waals surface area (Å²) in [6, 6.07) is 5.88. The maximum atomic E-state index is 13.0. The number of anilines is 1. The lowest BCUT2D eigenvalue weighted by Gasteiger charge is -2.38. The standard InChI is InChI=1S/C19H29N3O3/c1-14-6-5-7-15(2)17(14)21-16(23)12-22(3)18(24)19(13-25-4)8-10-20-11-9-19/h5-7,20H,8-13H2,1-4H3,(H,21,23). The molecular weight excluding hydrogens is 318 g/mol. The third-order valence-electron chi connectivity index (χ3n) is 4.91. The fraction of sp³-hybridized carbons (Fsp3) is 0.579. The van der Waals surface area contributed by atoms with E-state index < -0.39 is 5.41 Å². The number of piperidine rings is 1. The quantitative estimate of drug-likeness (QED) is 0.822. The van der Waals surface area contributed by atoms with Gasteiger partial charge in [0, 0.05) is 19.8 Å². The molecule has 25 heavy (non-hydrogen) atoms. The van der Waals surface area contributed by atoms with Crippen molar-refractivity contribution in [2.75, 3.05) is 45.7 Å². The minimum Gasteiger partial charge on any atom is -0.384 e. The molecule has 6 heteroatoms. The van der Waals surface area contributed by atoms with E-state index in [2.05, 4.69) is 10.6 Å². The van der Waals surface area contributed by atoms with Crippen LogP contribution < -0.4 is 10.6 Å². The number of nitrogens with zero attached hydrogens (tertiary/aromatic N) is 1. The highest BCUT2D eigenvalue weighted by molar-refractivity contribution is 5.96. The van der Waals surface area contributed by atoms with Crippen LogP contribution in [0.1, 0.15) is 24.0 Å². The number of methoxy groups -OCH3 is 1. The number of amides is 2. The van der Waals surface area contributed by atoms with Gasteiger partial charge >= 0.3 is 0 Å². The van der Waals surface area contributed by atoms with Crippen molar-refractivity contribution in [1.29, 1.82) is 0 Å². The van der Waals surface area contributed by atoms with Crippen LogP contribution in [-0.2, 0) is 14.3 Å². The van der Waals surface area contributed by atoms with Gasteiger partial charge in [0.25, 0.3) is 0 Å². The van der Waals surface area contributed by atoms with E-state index in [4.69, 9.17) is 4.74 Å². The SMILES string of the molecule is COCC1(C(=O)N(C)CC(=O)Nc2c(C)cccc2C)CCNCC1. The highest BCUT2D eigenvalue weighted by atomic mass is 16.5. The zero-order valence-corrected chi connectivity index (χ0v) is 15.6. The molecule has 2 rings (SSSR count). The Bertz CT molecular complexity index is 599. The third-order valence-corrected chi connectivity index (χ3v) is 4.91. The second kappa shape index (κ2) is 8.45. The van der Waals surface area contributed by atoms with E-state index >= 15 is 0 Å². The summed E-state index contributed by atoms with van der Waals surface area (Å²) in [4.78, 5) is 26.9. The van der Waals surface area contributed by atoms with E-state index in [1.165, 1.54) is 4.90 Å². The summed E-state index contributed by atoms with van der Waals surface area (Å²) in [5.74, 6) is -0.206. The topological polar surface area (TPSA) is 70.7 Å². The van der Waals surface area contributed by atoms with E-state index in [1.54, 1.807) is 14.2 Å². The Morgan fingerprint density at radius 3 is 2.40 bits per heavy atom. The second-order valence-electron chi connectivity index (χ2n) is 6.94. The van der Waals surface area contributed by atoms with Gasteiger partial charge in [0.15, 0.2) is 0 Å². The average molecular weight is 347 g/mol. The first-order chi connectivity index (χ1) is 11.9. The minimum absolute atomic E-state index is 0.0208. The number of benzene rings is 1. The van der Waals surface area contributed by atoms with E-state index in [9.17, 15) is 9.59 Å². The predicted molar refractivity (Wildman–Crippen MR) is 98.6 cm³/mol. The number of carbonyl (C=O) groups excluding carboxylic acids is 2. The Morgan fingerprint density at radius 1 is 1.24 bits per heavy atom. The largest absolute Gasteiger partial charge is 0.384 e. The van der Waals surface area contributed by atoms with Crippen molar-refractivity contribution in [3.8, 4) is 0 Å². The Labute approximate surface area is 149 Å². The Balaban J connectivity index is 2.03. The summed E-state index contributed by atoms with van der Waals surface area (Å²) in [5, 5.41) is 6.21. The summed E-state index contributed by atoms with van der Waals surface area (Å²) in [6.45, 7) is 5.91. The summed E-state index contributed by atoms with van der Waals surface area (Å²) in [7, 11) is 3.30. The zero-order valence-electron chi connectivity index (χ0n) is 15.6. The number of ether oxygens (including phenoxy) is 1. The maximum absolute atomic E-state index is 13.0. The van der Waals surface area contributed by atoms with Crippen LogP contribution in [0.15, 0.2) is 18.2 Å². The summed E-state index contributed by atoms with van der Waals surface area (Å²) in [5.41, 5.74) is 2.31. The van der Waals surface area contributed by atoms with Gasteiger partial charge in [-0.2, -0.15) is 0 Å². The Kier molecular flexibility index (Phi) is 6.56. The molecule has 0 aliphatic carbocycles. The maximum Gasteiger partial charge on any atom is 0.243 e. The molecule has 1 aromatic carbocycles. The number of hydrogen-bond donors (Lipinski definition) is 2. The summed E-state index contributed by atoms with van der Waals surface area (Å²) < 4.78 is 5.31. The molecule has 1 saturated heterocycles. The highest BCUT2D eigenvalue weighted by Crippen LogP contribution is 2.31. The molecule has 0 aromatic heterocycles. The van der Waals surface area contributed by atoms with Crippen LogP contribution >= 0.6 is 0 Å². The van der Waals surface area contributed by atoms with E-state index in [1.807, 2.05) is 32.0 Å². The van der Waals surface area contributed by atoms with Gasteiger partial charge in [-0.3, -0.25) is 9.59 Å². The molecule has 0 unspecified atom stereocenters. The fourth-order valence-corrected chi connectivity index (χ4v) is 3.48. The van der Waals surface area contributed by atoms with Crippen molar-refractivity contribution in [3.63, 3.8) is 0 Å². The second-order valence-corrected chi connectivity index (χ2v) is 6.94. The van der Waals surface area contributed by atoms with Crippen LogP contribution in [0.25, 0.3) is 0 Å². The van der Waals surface area contributed by atoms with Crippen molar-refractivity contribution in [3.05, 3.63) is 29.3 Å². The van der Waals surface area contributed by atoms with Gasteiger partial charge in [-0.25, -0.2) is 0 Å². The number of carbonyl (C=O) groups is 2. The molecule has 0 bridgehead atoms. The number of para-hydroxylation sites is 1. The lowest BCUT2D eigenvalue weighted by Crippen LogP contribution is -2.51. The molecule has 1 heterocycles. The normalized spacial score (nSPS) is 16.3. The molecule has 2 amide bonds. The third kappa shape index (κ3) is 4.58. The van der Waals surface area contributed by atoms with Crippen LogP contribution in [-0.4, -0.2) is 57.1 Å². The Hall–Kier alpha value is -1.92. The lowest BCUT2D eigenvalue weighted by molar-refractivity contribution is -0.147. The van der Waals surface area contributed by atoms with Crippen molar-refractivity contribution in [2.45, 2.75) is 26.7 Å². The Morgan fingerprint density at radius 2 is 1.84 bits per heavy atom. The number of hydrogen-bond acceptors (Lipinski definition) is 4. The van der Waals surface area contributed by atoms with Crippen molar-refractivity contribution in [1.82, 2.24) is 10.2 Å². The molecular formula is C19H29N3O3. The van der Waals surface area contributed by atoms with Gasteiger partial charge in [-0.15, -0.1) is 0 Å². The van der Waals surface area contributed by atoms with Crippen molar-refractivity contribution >= 4 is 17.5 Å². The van der Waals surface area contributed by atoms with Crippen LogP contribution in [0.4, 0.5) is 5.69 Å². The van der Waals surface area contributed by atoms with Gasteiger partial charge in [0.05, 0.1) is 18.6 Å². The van der Waals surface area contributed by atoms with Crippen molar-refractivity contribution in [2.24, 2.45) is 5.41 Å². The van der Waals surface area contributed by atoms with Gasteiger partial charge < -0.3 is 20.3 Å². The summed E-state index contributed by atoms with van der Waals surface area (Å²) in [6.07, 6.45) is 1.45. The number of likely N-dealkylation sites (N-methyl/N-ethyl adjacent to an activating group) is 1. The van der Waals surface area contributed by atoms with Crippen LogP contribution in [0.5, 0.6) is 0 Å². The lowest BCUT2D eigenvalue weighted by atomic mass is 9.78. The first kappa shape index (κ1) is 19.4. The molecule has 1 aliphatic rings. The van der Waals surface area contributed by atoms with Gasteiger partial charge in [-0.1, -0.05) is 18.2 Å². The molecule has 0 atom stereocenters. The van der Waals surface area contributed by atoms with Crippen LogP contribution in [0.2, 0.25) is 0 Å². The molecule has 138 valence electrons. The fourth-order valence-electron chi connectivity index (χ4n) is 3.48. The van der Waals surface area contributed by atoms with Crippen molar-refractivity contribution < 1.29 is 14.3 Å². The molecule has 0 spiro atoms. The highest BCUT2D eigenvalue weighted by Gasteiger charge is 2.41. The van der Waals surface area contributed by atoms with Crippen LogP contribution in [0.3, 0.4) is 0 Å². The molecule has 6 nitrogen and oxygen atoms in total. The van der Waals surface area contributed by atoms with Gasteiger partial charge in [0.1, 0.15) is 0 Å². The molecule has 0 saturated carbocycles. The van der Waals surface area contributed by atoms with Crippen LogP contribution in [0, 0.1) is 19.3 Å². The number of aryl methyl sites for hydroxylation is 2. The first-order valence-corrected chi connectivity index (χ1v) is 8.71. The molecule has 0 radical (unpaired) electrons. The van der Waals surface area contributed by atoms with E-state index in [0.29, 0.717) is 6.61 Å². The monoisotopic (exact) mass is 347 g/mol. The minimum atomic E-state index is -0.534. The average Bonchev–Trinajstić information content (AvgIpc) is 2.58. The molecule has 1 fully saturated rings. The zero-order chi connectivity index (χ0) is 18.4. The smallest absolute Gasteiger partial charge is 0.243 e. The summed E-state index contributed by atoms with van der Waals surface area (Å²) >= 11 is 0. The van der Waals surface area contributed by atoms with Gasteiger partial charge in [-0.05, 0) is 50.9 Å². The van der Waals surface area contributed by atoms with E-state index in [0.717, 1.165) is 42.7 Å².